The van der Waals surface area contributed by atoms with E-state index in [9.17, 15) is 9.50 Å². The molecule has 6 heteroatoms. The fourth-order valence-electron chi connectivity index (χ4n) is 1.73. The van der Waals surface area contributed by atoms with Gasteiger partial charge in [-0.15, -0.1) is 0 Å². The Kier molecular flexibility index (Phi) is 5.59. The van der Waals surface area contributed by atoms with Crippen molar-refractivity contribution < 1.29 is 14.2 Å². The smallest absolute Gasteiger partial charge is 0.123 e. The van der Waals surface area contributed by atoms with Crippen LogP contribution in [0.1, 0.15) is 18.7 Å². The van der Waals surface area contributed by atoms with Crippen molar-refractivity contribution in [2.45, 2.75) is 19.1 Å². The Bertz CT molecular complexity index is 536. The Morgan fingerprint density at radius 1 is 1.29 bits per heavy atom. The van der Waals surface area contributed by atoms with Crippen molar-refractivity contribution >= 4 is 0 Å². The van der Waals surface area contributed by atoms with Gasteiger partial charge in [-0.1, -0.05) is 0 Å². The number of halogens is 1. The summed E-state index contributed by atoms with van der Waals surface area (Å²) in [6, 6.07) is 5.67. The molecule has 0 aliphatic carbocycles. The van der Waals surface area contributed by atoms with Crippen molar-refractivity contribution in [1.29, 1.82) is 0 Å². The van der Waals surface area contributed by atoms with Crippen LogP contribution in [0.4, 0.5) is 4.39 Å². The summed E-state index contributed by atoms with van der Waals surface area (Å²) in [6.45, 7) is 2.43. The Balaban J connectivity index is 1.72. The number of aliphatic hydroxyl groups excluding tert-OH is 1. The van der Waals surface area contributed by atoms with Gasteiger partial charge in [-0.3, -0.25) is 9.97 Å². The standard InChI is InChI=1S/C15H18FN3O2/c1-11(15-9-17-6-7-18-15)19-8-13(20)10-21-14-4-2-12(16)3-5-14/h2-7,9,11,13,19-20H,8,10H2,1H3. The highest BCUT2D eigenvalue weighted by molar-refractivity contribution is 5.22. The average molecular weight is 291 g/mol. The molecule has 0 saturated carbocycles. The lowest BCUT2D eigenvalue weighted by molar-refractivity contribution is 0.104. The molecule has 0 saturated heterocycles. The second-order valence-electron chi connectivity index (χ2n) is 4.68. The third kappa shape index (κ3) is 5.09. The molecular formula is C15H18FN3O2. The van der Waals surface area contributed by atoms with Crippen LogP contribution >= 0.6 is 0 Å². The minimum Gasteiger partial charge on any atom is -0.491 e. The maximum atomic E-state index is 12.7. The summed E-state index contributed by atoms with van der Waals surface area (Å²) < 4.78 is 18.1. The fourth-order valence-corrected chi connectivity index (χ4v) is 1.73. The van der Waals surface area contributed by atoms with Gasteiger partial charge in [0.1, 0.15) is 24.3 Å². The van der Waals surface area contributed by atoms with Crippen molar-refractivity contribution in [3.8, 4) is 5.75 Å². The molecule has 0 aliphatic heterocycles. The molecule has 2 aromatic rings. The molecule has 1 aromatic carbocycles. The summed E-state index contributed by atoms with van der Waals surface area (Å²) in [7, 11) is 0. The maximum absolute atomic E-state index is 12.7. The van der Waals surface area contributed by atoms with E-state index in [1.165, 1.54) is 24.3 Å². The Morgan fingerprint density at radius 3 is 2.71 bits per heavy atom. The summed E-state index contributed by atoms with van der Waals surface area (Å²) in [5.41, 5.74) is 0.809. The molecule has 112 valence electrons. The molecule has 0 radical (unpaired) electrons. The van der Waals surface area contributed by atoms with Crippen LogP contribution in [0, 0.1) is 5.82 Å². The van der Waals surface area contributed by atoms with Crippen LogP contribution < -0.4 is 10.1 Å². The molecule has 0 aliphatic rings. The number of ether oxygens (including phenoxy) is 1. The van der Waals surface area contributed by atoms with Crippen molar-refractivity contribution in [1.82, 2.24) is 15.3 Å². The number of rotatable bonds is 7. The minimum atomic E-state index is -0.672. The molecule has 2 unspecified atom stereocenters. The second kappa shape index (κ2) is 7.66. The number of aromatic nitrogens is 2. The van der Waals surface area contributed by atoms with Crippen LogP contribution in [0.15, 0.2) is 42.9 Å². The largest absolute Gasteiger partial charge is 0.491 e. The van der Waals surface area contributed by atoms with E-state index >= 15 is 0 Å². The lowest BCUT2D eigenvalue weighted by atomic mass is 10.2. The normalized spacial score (nSPS) is 13.7. The van der Waals surface area contributed by atoms with E-state index in [0.717, 1.165) is 5.69 Å². The van der Waals surface area contributed by atoms with Gasteiger partial charge in [-0.05, 0) is 31.2 Å². The van der Waals surface area contributed by atoms with Crippen molar-refractivity contribution in [3.05, 3.63) is 54.4 Å². The summed E-state index contributed by atoms with van der Waals surface area (Å²) in [5, 5.41) is 13.0. The number of aliphatic hydroxyl groups is 1. The molecule has 2 rings (SSSR count). The minimum absolute atomic E-state index is 0.0147. The average Bonchev–Trinajstić information content (AvgIpc) is 2.53. The van der Waals surface area contributed by atoms with E-state index < -0.39 is 6.10 Å². The zero-order valence-corrected chi connectivity index (χ0v) is 11.7. The molecule has 21 heavy (non-hydrogen) atoms. The Hall–Kier alpha value is -2.05. The van der Waals surface area contributed by atoms with E-state index in [1.807, 2.05) is 6.92 Å². The summed E-state index contributed by atoms with van der Waals surface area (Å²) >= 11 is 0. The van der Waals surface area contributed by atoms with E-state index in [0.29, 0.717) is 12.3 Å². The van der Waals surface area contributed by atoms with Gasteiger partial charge in [0, 0.05) is 31.2 Å². The molecule has 2 N–H and O–H groups in total. The first kappa shape index (κ1) is 15.3. The molecule has 2 atom stereocenters. The van der Waals surface area contributed by atoms with E-state index in [-0.39, 0.29) is 18.5 Å². The van der Waals surface area contributed by atoms with Gasteiger partial charge < -0.3 is 15.2 Å². The zero-order chi connectivity index (χ0) is 15.1. The monoisotopic (exact) mass is 291 g/mol. The SMILES string of the molecule is CC(NCC(O)COc1ccc(F)cc1)c1cnccn1. The van der Waals surface area contributed by atoms with Gasteiger partial charge in [0.25, 0.3) is 0 Å². The molecule has 0 amide bonds. The van der Waals surface area contributed by atoms with E-state index in [1.54, 1.807) is 18.6 Å². The van der Waals surface area contributed by atoms with Gasteiger partial charge in [0.2, 0.25) is 0 Å². The number of hydrogen-bond acceptors (Lipinski definition) is 5. The Morgan fingerprint density at radius 2 is 2.05 bits per heavy atom. The van der Waals surface area contributed by atoms with Gasteiger partial charge in [-0.2, -0.15) is 0 Å². The first-order valence-electron chi connectivity index (χ1n) is 6.71. The van der Waals surface area contributed by atoms with Gasteiger partial charge in [0.15, 0.2) is 0 Å². The predicted molar refractivity (Wildman–Crippen MR) is 76.4 cm³/mol. The highest BCUT2D eigenvalue weighted by Gasteiger charge is 2.10. The summed E-state index contributed by atoms with van der Waals surface area (Å²) in [4.78, 5) is 8.18. The third-order valence-electron chi connectivity index (χ3n) is 2.94. The first-order valence-corrected chi connectivity index (χ1v) is 6.71. The molecular weight excluding hydrogens is 273 g/mol. The van der Waals surface area contributed by atoms with E-state index in [4.69, 9.17) is 4.74 Å². The zero-order valence-electron chi connectivity index (χ0n) is 11.7. The highest BCUT2D eigenvalue weighted by atomic mass is 19.1. The Labute approximate surface area is 122 Å². The lowest BCUT2D eigenvalue weighted by Crippen LogP contribution is -2.33. The fraction of sp³-hybridized carbons (Fsp3) is 0.333. The predicted octanol–water partition coefficient (Wildman–Crippen LogP) is 1.71. The van der Waals surface area contributed by atoms with Gasteiger partial charge >= 0.3 is 0 Å². The molecule has 1 aromatic heterocycles. The van der Waals surface area contributed by atoms with Crippen molar-refractivity contribution in [3.63, 3.8) is 0 Å². The van der Waals surface area contributed by atoms with Crippen LogP contribution in [0.5, 0.6) is 5.75 Å². The molecule has 0 fully saturated rings. The molecule has 0 spiro atoms. The number of nitrogens with one attached hydrogen (secondary N) is 1. The number of benzene rings is 1. The van der Waals surface area contributed by atoms with Crippen LogP contribution in [0.2, 0.25) is 0 Å². The van der Waals surface area contributed by atoms with E-state index in [2.05, 4.69) is 15.3 Å². The van der Waals surface area contributed by atoms with Crippen molar-refractivity contribution in [2.24, 2.45) is 0 Å². The topological polar surface area (TPSA) is 67.3 Å². The van der Waals surface area contributed by atoms with Crippen LogP contribution in [0.25, 0.3) is 0 Å². The lowest BCUT2D eigenvalue weighted by Gasteiger charge is -2.17. The summed E-state index contributed by atoms with van der Waals surface area (Å²) in [6.07, 6.45) is 4.25. The van der Waals surface area contributed by atoms with Crippen molar-refractivity contribution in [2.75, 3.05) is 13.2 Å². The maximum Gasteiger partial charge on any atom is 0.123 e. The number of nitrogens with zero attached hydrogens (tertiary/aromatic N) is 2. The molecule has 5 nitrogen and oxygen atoms in total. The van der Waals surface area contributed by atoms with Crippen LogP contribution in [-0.2, 0) is 0 Å². The van der Waals surface area contributed by atoms with Crippen LogP contribution in [0.3, 0.4) is 0 Å². The second-order valence-corrected chi connectivity index (χ2v) is 4.68. The third-order valence-corrected chi connectivity index (χ3v) is 2.94. The number of hydrogen-bond donors (Lipinski definition) is 2. The highest BCUT2D eigenvalue weighted by Crippen LogP contribution is 2.11. The quantitative estimate of drug-likeness (QED) is 0.813. The molecule has 0 bridgehead atoms. The van der Waals surface area contributed by atoms with Gasteiger partial charge in [0.05, 0.1) is 5.69 Å². The molecule has 1 heterocycles. The first-order chi connectivity index (χ1) is 10.1. The van der Waals surface area contributed by atoms with Gasteiger partial charge in [-0.25, -0.2) is 4.39 Å². The van der Waals surface area contributed by atoms with Crippen LogP contribution in [-0.4, -0.2) is 34.3 Å². The summed E-state index contributed by atoms with van der Waals surface area (Å²) in [5.74, 6) is 0.208.